The Hall–Kier alpha value is -9.25. The molecule has 9 rings (SSSR count). The summed E-state index contributed by atoms with van der Waals surface area (Å²) in [6.07, 6.45) is 5.88. The van der Waals surface area contributed by atoms with Crippen molar-refractivity contribution in [2.24, 2.45) is 0 Å². The first kappa shape index (κ1) is 53.6. The van der Waals surface area contributed by atoms with Crippen LogP contribution >= 0.6 is 0 Å². The lowest BCUT2D eigenvalue weighted by molar-refractivity contribution is -0.172. The number of carbonyl (C=O) groups is 8. The molecular formula is C55H54FN11O11. The molecule has 3 aromatic heterocycles. The van der Waals surface area contributed by atoms with Crippen molar-refractivity contribution >= 4 is 63.9 Å². The number of carbonyl (C=O) groups excluding carboxylic acids is 8. The maximum absolute atomic E-state index is 15.1. The van der Waals surface area contributed by atoms with E-state index in [-0.39, 0.29) is 80.9 Å². The molecule has 0 saturated heterocycles. The van der Waals surface area contributed by atoms with Crippen LogP contribution in [0.25, 0.3) is 33.5 Å². The summed E-state index contributed by atoms with van der Waals surface area (Å²) >= 11 is 0. The number of cyclic esters (lactones) is 1. The summed E-state index contributed by atoms with van der Waals surface area (Å²) < 4.78 is 23.4. The Bertz CT molecular complexity index is 3490. The molecule has 6 N–H and O–H groups in total. The first-order valence-electron chi connectivity index (χ1n) is 25.3. The van der Waals surface area contributed by atoms with Crippen LogP contribution in [0, 0.1) is 12.7 Å². The summed E-state index contributed by atoms with van der Waals surface area (Å²) in [5.41, 5.74) is 3.03. The molecule has 23 heteroatoms. The number of pyridine rings is 2. The van der Waals surface area contributed by atoms with Crippen molar-refractivity contribution < 1.29 is 52.6 Å². The second kappa shape index (κ2) is 22.9. The van der Waals surface area contributed by atoms with Crippen molar-refractivity contribution in [3.63, 3.8) is 0 Å². The summed E-state index contributed by atoms with van der Waals surface area (Å²) in [5.74, 6) is -4.97. The zero-order valence-electron chi connectivity index (χ0n) is 42.5. The van der Waals surface area contributed by atoms with Gasteiger partial charge in [-0.2, -0.15) is 0 Å². The lowest BCUT2D eigenvalue weighted by atomic mass is 9.86. The number of halogens is 1. The molecule has 0 radical (unpaired) electrons. The highest BCUT2D eigenvalue weighted by molar-refractivity contribution is 6.12. The predicted octanol–water partition coefficient (Wildman–Crippen LogP) is 2.33. The minimum Gasteiger partial charge on any atom is -0.458 e. The summed E-state index contributed by atoms with van der Waals surface area (Å²) in [5, 5.41) is 33.6. The third-order valence-corrected chi connectivity index (χ3v) is 13.8. The van der Waals surface area contributed by atoms with Crippen molar-refractivity contribution in [2.75, 3.05) is 31.5 Å². The number of esters is 1. The van der Waals surface area contributed by atoms with Gasteiger partial charge < -0.3 is 41.0 Å². The minimum absolute atomic E-state index is 0.0245. The Balaban J connectivity index is 0.782. The van der Waals surface area contributed by atoms with E-state index in [2.05, 4.69) is 36.9 Å². The number of ether oxygens (including phenoxy) is 1. The number of anilines is 1. The number of fused-ring (bicyclic) bond motifs is 5. The highest BCUT2D eigenvalue weighted by Gasteiger charge is 2.45. The lowest BCUT2D eigenvalue weighted by Gasteiger charge is -2.31. The Kier molecular flexibility index (Phi) is 15.7. The fourth-order valence-electron chi connectivity index (χ4n) is 9.56. The number of unbranched alkanes of at least 4 members (excludes halogenated alkanes) is 2. The Morgan fingerprint density at radius 1 is 0.833 bits per heavy atom. The fraction of sp³-hybridized carbons (Fsp3) is 0.309. The van der Waals surface area contributed by atoms with Crippen molar-refractivity contribution in [3.8, 4) is 22.6 Å². The maximum atomic E-state index is 15.1. The normalized spacial score (nSPS) is 15.5. The Morgan fingerprint density at radius 3 is 2.29 bits per heavy atom. The van der Waals surface area contributed by atoms with Gasteiger partial charge >= 0.3 is 5.97 Å². The van der Waals surface area contributed by atoms with Crippen LogP contribution in [0.3, 0.4) is 0 Å². The number of nitrogens with zero attached hydrogens (tertiary/aromatic N) is 6. The SMILES string of the molecule is CC[C@@]1(O)C(=O)OCc2c1cc1n(c2=O)Cc2c-1nc1cc(F)c(C)cc1c2Cn1cc(-c2ccc(NC(=O)CNC(=O)[C@@H](Cc3ccccc3)NC(=O)CNC(=O)CNC(=O)CCCCCN3C(=O)C=CC3=O)cc2)nn1. The molecule has 0 bridgehead atoms. The maximum Gasteiger partial charge on any atom is 0.343 e. The van der Waals surface area contributed by atoms with Crippen molar-refractivity contribution in [3.05, 3.63) is 141 Å². The van der Waals surface area contributed by atoms with E-state index >= 15 is 4.39 Å². The predicted molar refractivity (Wildman–Crippen MR) is 278 cm³/mol. The van der Waals surface area contributed by atoms with Gasteiger partial charge in [-0.05, 0) is 67.1 Å². The topological polar surface area (TPSA) is 295 Å². The Labute approximate surface area is 444 Å². The van der Waals surface area contributed by atoms with Crippen LogP contribution in [0.2, 0.25) is 0 Å². The molecule has 22 nitrogen and oxygen atoms in total. The second-order valence-electron chi connectivity index (χ2n) is 19.1. The highest BCUT2D eigenvalue weighted by atomic mass is 19.1. The fourth-order valence-corrected chi connectivity index (χ4v) is 9.56. The van der Waals surface area contributed by atoms with E-state index < -0.39 is 65.7 Å². The molecule has 0 saturated carbocycles. The number of benzene rings is 3. The largest absolute Gasteiger partial charge is 0.458 e. The van der Waals surface area contributed by atoms with Crippen LogP contribution in [-0.2, 0) is 74.8 Å². The molecular weight excluding hydrogens is 1010 g/mol. The minimum atomic E-state index is -2.02. The van der Waals surface area contributed by atoms with Crippen LogP contribution < -0.4 is 32.1 Å². The van der Waals surface area contributed by atoms with Gasteiger partial charge in [0.1, 0.15) is 24.2 Å². The van der Waals surface area contributed by atoms with E-state index in [4.69, 9.17) is 9.72 Å². The first-order valence-corrected chi connectivity index (χ1v) is 25.3. The summed E-state index contributed by atoms with van der Waals surface area (Å²) in [4.78, 5) is 120. The number of nitrogens with one attached hydrogen (secondary N) is 5. The third kappa shape index (κ3) is 11.6. The smallest absolute Gasteiger partial charge is 0.343 e. The summed E-state index contributed by atoms with van der Waals surface area (Å²) in [7, 11) is 0. The van der Waals surface area contributed by atoms with Gasteiger partial charge in [-0.25, -0.2) is 18.9 Å². The molecule has 0 fully saturated rings. The average molecular weight is 1060 g/mol. The quantitative estimate of drug-likeness (QED) is 0.0342. The first-order chi connectivity index (χ1) is 37.5. The number of hydrogen-bond donors (Lipinski definition) is 6. The lowest BCUT2D eigenvalue weighted by Crippen LogP contribution is -2.52. The molecule has 6 aromatic rings. The van der Waals surface area contributed by atoms with E-state index in [1.807, 2.05) is 0 Å². The van der Waals surface area contributed by atoms with Gasteiger partial charge in [-0.3, -0.25) is 43.3 Å². The monoisotopic (exact) mass is 1060 g/mol. The van der Waals surface area contributed by atoms with Gasteiger partial charge in [-0.1, -0.05) is 61.0 Å². The molecule has 3 aliphatic heterocycles. The molecule has 402 valence electrons. The number of aromatic nitrogens is 5. The number of hydrogen-bond acceptors (Lipinski definition) is 14. The van der Waals surface area contributed by atoms with Gasteiger partial charge in [0.15, 0.2) is 5.60 Å². The van der Waals surface area contributed by atoms with E-state index in [0.29, 0.717) is 75.2 Å². The van der Waals surface area contributed by atoms with Crippen LogP contribution in [0.4, 0.5) is 10.1 Å². The number of aryl methyl sites for hydroxylation is 1. The van der Waals surface area contributed by atoms with Crippen molar-refractivity contribution in [1.82, 2.24) is 50.7 Å². The number of aliphatic hydroxyl groups is 1. The molecule has 78 heavy (non-hydrogen) atoms. The van der Waals surface area contributed by atoms with E-state index in [0.717, 1.165) is 10.5 Å². The second-order valence-corrected chi connectivity index (χ2v) is 19.1. The molecule has 3 aromatic carbocycles. The summed E-state index contributed by atoms with van der Waals surface area (Å²) in [6, 6.07) is 19.1. The zero-order valence-corrected chi connectivity index (χ0v) is 42.5. The average Bonchev–Trinajstić information content (AvgIpc) is 4.35. The molecule has 0 unspecified atom stereocenters. The Morgan fingerprint density at radius 2 is 1.55 bits per heavy atom. The standard InChI is InChI=1S/C55H54FN11O11/c1-3-55(77)39-22-44-51-37(28-67(44)53(75)38(39)30-78-54(55)76)36(35-20-31(2)40(56)23-41(35)62-51)27-65-29-43(63-64-65)33-13-15-34(16-14-33)60-47(70)26-59-52(74)42(21-32-10-6-4-7-11-32)61-48(71)25-58-46(69)24-57-45(68)12-8-5-9-19-66-49(72)17-18-50(66)73/h4,6-7,10-11,13-18,20,22-23,29,42,77H,3,5,8-9,12,19,21,24-28,30H2,1-2H3,(H,57,68)(H,58,69)(H,59,74)(H,60,70)(H,61,71)/t42-,55+/m1/s1. The molecule has 6 heterocycles. The van der Waals surface area contributed by atoms with E-state index in [1.54, 1.807) is 91.5 Å². The molecule has 3 aliphatic rings. The molecule has 0 aliphatic carbocycles. The van der Waals surface area contributed by atoms with E-state index in [9.17, 15) is 48.3 Å². The van der Waals surface area contributed by atoms with Gasteiger partial charge in [0.25, 0.3) is 17.4 Å². The number of imide groups is 1. The van der Waals surface area contributed by atoms with Crippen LogP contribution in [-0.4, -0.2) is 114 Å². The number of rotatable bonds is 21. The van der Waals surface area contributed by atoms with Crippen LogP contribution in [0.5, 0.6) is 0 Å². The van der Waals surface area contributed by atoms with Crippen LogP contribution in [0.1, 0.15) is 72.4 Å². The van der Waals surface area contributed by atoms with Gasteiger partial charge in [-0.15, -0.1) is 5.10 Å². The van der Waals surface area contributed by atoms with Crippen LogP contribution in [0.15, 0.2) is 95.9 Å². The molecule has 7 amide bonds. The summed E-state index contributed by atoms with van der Waals surface area (Å²) in [6.45, 7) is 2.16. The molecule has 2 atom stereocenters. The highest BCUT2D eigenvalue weighted by Crippen LogP contribution is 2.41. The van der Waals surface area contributed by atoms with Crippen molar-refractivity contribution in [1.29, 1.82) is 0 Å². The number of amides is 7. The van der Waals surface area contributed by atoms with Gasteiger partial charge in [0.2, 0.25) is 29.5 Å². The van der Waals surface area contributed by atoms with Gasteiger partial charge in [0, 0.05) is 65.4 Å². The molecule has 0 spiro atoms. The zero-order chi connectivity index (χ0) is 55.3. The van der Waals surface area contributed by atoms with Gasteiger partial charge in [0.05, 0.1) is 61.4 Å². The van der Waals surface area contributed by atoms with E-state index in [1.165, 1.54) is 22.8 Å². The third-order valence-electron chi connectivity index (χ3n) is 13.8. The van der Waals surface area contributed by atoms with Crippen molar-refractivity contribution in [2.45, 2.75) is 83.7 Å².